The summed E-state index contributed by atoms with van der Waals surface area (Å²) in [5.74, 6) is 0.504. The van der Waals surface area contributed by atoms with Crippen molar-refractivity contribution in [3.8, 4) is 0 Å². The van der Waals surface area contributed by atoms with Crippen LogP contribution >= 0.6 is 0 Å². The fraction of sp³-hybridized carbons (Fsp3) is 0.636. The Morgan fingerprint density at radius 1 is 1.15 bits per heavy atom. The second-order valence-corrected chi connectivity index (χ2v) is 7.64. The zero-order chi connectivity index (χ0) is 19.8. The molecule has 0 heterocycles. The van der Waals surface area contributed by atoms with Gasteiger partial charge in [-0.3, -0.25) is 4.79 Å². The van der Waals surface area contributed by atoms with Crippen molar-refractivity contribution >= 4 is 11.9 Å². The third kappa shape index (κ3) is 6.33. The number of ether oxygens (including phenoxy) is 1. The molecule has 1 aromatic rings. The van der Waals surface area contributed by atoms with E-state index >= 15 is 0 Å². The SMILES string of the molecule is CCOC(=O)[C@@H](Cc1ccc(F)cc1)NC(=O)C1CCC(C(C)CC)CC1. The van der Waals surface area contributed by atoms with Crippen LogP contribution in [-0.4, -0.2) is 24.5 Å². The second kappa shape index (κ2) is 10.4. The number of carbonyl (C=O) groups is 2. The number of halogens is 1. The molecule has 1 aliphatic rings. The van der Waals surface area contributed by atoms with Gasteiger partial charge in [0.25, 0.3) is 0 Å². The molecule has 4 nitrogen and oxygen atoms in total. The summed E-state index contributed by atoms with van der Waals surface area (Å²) in [6, 6.07) is 5.23. The number of nitrogens with one attached hydrogen (secondary N) is 1. The van der Waals surface area contributed by atoms with Crippen molar-refractivity contribution in [1.82, 2.24) is 5.32 Å². The fourth-order valence-electron chi connectivity index (χ4n) is 3.87. The molecule has 0 spiro atoms. The van der Waals surface area contributed by atoms with Crippen LogP contribution in [0.25, 0.3) is 0 Å². The molecule has 0 aliphatic heterocycles. The zero-order valence-electron chi connectivity index (χ0n) is 16.7. The Kier molecular flexibility index (Phi) is 8.26. The van der Waals surface area contributed by atoms with Gasteiger partial charge in [0.15, 0.2) is 0 Å². The fourth-order valence-corrected chi connectivity index (χ4v) is 3.87. The van der Waals surface area contributed by atoms with E-state index in [1.54, 1.807) is 19.1 Å². The number of hydrogen-bond acceptors (Lipinski definition) is 3. The largest absolute Gasteiger partial charge is 0.464 e. The maximum Gasteiger partial charge on any atom is 0.328 e. The molecule has 27 heavy (non-hydrogen) atoms. The average molecular weight is 378 g/mol. The highest BCUT2D eigenvalue weighted by Gasteiger charge is 2.31. The van der Waals surface area contributed by atoms with Gasteiger partial charge in [-0.1, -0.05) is 32.4 Å². The van der Waals surface area contributed by atoms with Gasteiger partial charge in [0.05, 0.1) is 6.61 Å². The van der Waals surface area contributed by atoms with E-state index in [-0.39, 0.29) is 24.2 Å². The van der Waals surface area contributed by atoms with Crippen molar-refractivity contribution in [2.75, 3.05) is 6.61 Å². The number of carbonyl (C=O) groups excluding carboxylic acids is 2. The summed E-state index contributed by atoms with van der Waals surface area (Å²) in [5.41, 5.74) is 0.787. The molecule has 1 aromatic carbocycles. The Labute approximate surface area is 161 Å². The van der Waals surface area contributed by atoms with Crippen LogP contribution in [0.15, 0.2) is 24.3 Å². The van der Waals surface area contributed by atoms with Gasteiger partial charge in [-0.2, -0.15) is 0 Å². The van der Waals surface area contributed by atoms with E-state index in [1.165, 1.54) is 18.6 Å². The predicted octanol–water partition coefficient (Wildman–Crippen LogP) is 4.27. The lowest BCUT2D eigenvalue weighted by atomic mass is 9.75. The summed E-state index contributed by atoms with van der Waals surface area (Å²) in [6.45, 7) is 6.49. The molecule has 1 N–H and O–H groups in total. The summed E-state index contributed by atoms with van der Waals surface area (Å²) in [7, 11) is 0. The highest BCUT2D eigenvalue weighted by molar-refractivity contribution is 5.86. The van der Waals surface area contributed by atoms with Crippen molar-refractivity contribution in [3.63, 3.8) is 0 Å². The van der Waals surface area contributed by atoms with Crippen LogP contribution in [0, 0.1) is 23.6 Å². The van der Waals surface area contributed by atoms with E-state index in [2.05, 4.69) is 19.2 Å². The van der Waals surface area contributed by atoms with E-state index in [0.29, 0.717) is 18.3 Å². The quantitative estimate of drug-likeness (QED) is 0.689. The molecule has 1 saturated carbocycles. The highest BCUT2D eigenvalue weighted by Crippen LogP contribution is 2.34. The van der Waals surface area contributed by atoms with Crippen LogP contribution < -0.4 is 5.32 Å². The van der Waals surface area contributed by atoms with Gasteiger partial charge in [-0.15, -0.1) is 0 Å². The van der Waals surface area contributed by atoms with Crippen LogP contribution in [0.2, 0.25) is 0 Å². The Bertz CT molecular complexity index is 608. The molecule has 0 radical (unpaired) electrons. The summed E-state index contributed by atoms with van der Waals surface area (Å²) in [6.07, 6.45) is 5.33. The minimum Gasteiger partial charge on any atom is -0.464 e. The molecule has 1 aliphatic carbocycles. The monoisotopic (exact) mass is 377 g/mol. The molecule has 2 rings (SSSR count). The normalized spacial score (nSPS) is 21.9. The lowest BCUT2D eigenvalue weighted by Crippen LogP contribution is -2.46. The van der Waals surface area contributed by atoms with Gasteiger partial charge in [-0.05, 0) is 62.1 Å². The van der Waals surface area contributed by atoms with E-state index < -0.39 is 12.0 Å². The van der Waals surface area contributed by atoms with Crippen LogP contribution in [0.4, 0.5) is 4.39 Å². The van der Waals surface area contributed by atoms with Crippen molar-refractivity contribution in [2.24, 2.45) is 17.8 Å². The number of rotatable bonds is 8. The lowest BCUT2D eigenvalue weighted by molar-refractivity contribution is -0.148. The van der Waals surface area contributed by atoms with Crippen LogP contribution in [0.3, 0.4) is 0 Å². The molecule has 1 unspecified atom stereocenters. The van der Waals surface area contributed by atoms with Crippen LogP contribution in [0.1, 0.15) is 58.4 Å². The Morgan fingerprint density at radius 2 is 1.78 bits per heavy atom. The number of amides is 1. The minimum absolute atomic E-state index is 0.0459. The van der Waals surface area contributed by atoms with Gasteiger partial charge in [0, 0.05) is 12.3 Å². The standard InChI is InChI=1S/C22H32FNO3/c1-4-15(3)17-8-10-18(11-9-17)21(25)24-20(22(26)27-5-2)14-16-6-12-19(23)13-7-16/h6-7,12-13,15,17-18,20H,4-5,8-11,14H2,1-3H3,(H,24,25)/t15?,17?,18?,20-/m1/s1. The second-order valence-electron chi connectivity index (χ2n) is 7.64. The van der Waals surface area contributed by atoms with E-state index in [1.807, 2.05) is 0 Å². The van der Waals surface area contributed by atoms with Gasteiger partial charge in [0.2, 0.25) is 5.91 Å². The molecule has 150 valence electrons. The predicted molar refractivity (Wildman–Crippen MR) is 104 cm³/mol. The first-order valence-electron chi connectivity index (χ1n) is 10.2. The molecular weight excluding hydrogens is 345 g/mol. The number of hydrogen-bond donors (Lipinski definition) is 1. The zero-order valence-corrected chi connectivity index (χ0v) is 16.7. The van der Waals surface area contributed by atoms with Gasteiger partial charge < -0.3 is 10.1 Å². The molecule has 2 atom stereocenters. The van der Waals surface area contributed by atoms with E-state index in [4.69, 9.17) is 4.74 Å². The van der Waals surface area contributed by atoms with Crippen molar-refractivity contribution in [1.29, 1.82) is 0 Å². The molecule has 1 amide bonds. The van der Waals surface area contributed by atoms with Gasteiger partial charge >= 0.3 is 5.97 Å². The summed E-state index contributed by atoms with van der Waals surface area (Å²) < 4.78 is 18.2. The van der Waals surface area contributed by atoms with Gasteiger partial charge in [0.1, 0.15) is 11.9 Å². The summed E-state index contributed by atoms with van der Waals surface area (Å²) in [5, 5.41) is 2.89. The first-order chi connectivity index (χ1) is 12.9. The third-order valence-electron chi connectivity index (χ3n) is 5.83. The first kappa shape index (κ1) is 21.4. The third-order valence-corrected chi connectivity index (χ3v) is 5.83. The van der Waals surface area contributed by atoms with Crippen LogP contribution in [-0.2, 0) is 20.7 Å². The Balaban J connectivity index is 1.96. The van der Waals surface area contributed by atoms with Crippen molar-refractivity contribution in [3.05, 3.63) is 35.6 Å². The minimum atomic E-state index is -0.741. The summed E-state index contributed by atoms with van der Waals surface area (Å²) in [4.78, 5) is 25.0. The summed E-state index contributed by atoms with van der Waals surface area (Å²) >= 11 is 0. The van der Waals surface area contributed by atoms with E-state index in [9.17, 15) is 14.0 Å². The average Bonchev–Trinajstić information content (AvgIpc) is 2.68. The number of esters is 1. The maximum absolute atomic E-state index is 13.1. The van der Waals surface area contributed by atoms with Crippen molar-refractivity contribution < 1.29 is 18.7 Å². The van der Waals surface area contributed by atoms with E-state index in [0.717, 1.165) is 31.2 Å². The van der Waals surface area contributed by atoms with Crippen molar-refractivity contribution in [2.45, 2.75) is 65.3 Å². The molecule has 0 bridgehead atoms. The number of benzene rings is 1. The Hall–Kier alpha value is -1.91. The first-order valence-corrected chi connectivity index (χ1v) is 10.2. The van der Waals surface area contributed by atoms with Gasteiger partial charge in [-0.25, -0.2) is 9.18 Å². The molecule has 1 fully saturated rings. The molecule has 0 aromatic heterocycles. The molecular formula is C22H32FNO3. The smallest absolute Gasteiger partial charge is 0.328 e. The molecule has 5 heteroatoms. The maximum atomic E-state index is 13.1. The lowest BCUT2D eigenvalue weighted by Gasteiger charge is -2.32. The topological polar surface area (TPSA) is 55.4 Å². The highest BCUT2D eigenvalue weighted by atomic mass is 19.1. The molecule has 0 saturated heterocycles. The van der Waals surface area contributed by atoms with Crippen LogP contribution in [0.5, 0.6) is 0 Å². The Morgan fingerprint density at radius 3 is 2.33 bits per heavy atom.